The number of methoxy groups -OCH3 is 1. The second-order valence-electron chi connectivity index (χ2n) is 5.05. The summed E-state index contributed by atoms with van der Waals surface area (Å²) in [6.45, 7) is 2.48. The molecule has 0 bridgehead atoms. The number of amides is 1. The van der Waals surface area contributed by atoms with Gasteiger partial charge >= 0.3 is 0 Å². The Bertz CT molecular complexity index is 741. The van der Waals surface area contributed by atoms with Gasteiger partial charge in [-0.2, -0.15) is 0 Å². The van der Waals surface area contributed by atoms with E-state index < -0.39 is 5.91 Å². The predicted molar refractivity (Wildman–Crippen MR) is 94.4 cm³/mol. The first-order chi connectivity index (χ1) is 11.0. The van der Waals surface area contributed by atoms with E-state index in [2.05, 4.69) is 22.0 Å². The third-order valence-corrected chi connectivity index (χ3v) is 3.75. The van der Waals surface area contributed by atoms with Gasteiger partial charge < -0.3 is 15.2 Å². The maximum absolute atomic E-state index is 10.8. The molecule has 0 heterocycles. The van der Waals surface area contributed by atoms with Crippen LogP contribution in [0.4, 0.5) is 0 Å². The van der Waals surface area contributed by atoms with Crippen molar-refractivity contribution in [3.8, 4) is 11.5 Å². The third-order valence-electron chi connectivity index (χ3n) is 3.16. The van der Waals surface area contributed by atoms with Gasteiger partial charge in [-0.25, -0.2) is 0 Å². The van der Waals surface area contributed by atoms with Gasteiger partial charge in [0.25, 0.3) is 0 Å². The van der Waals surface area contributed by atoms with E-state index in [0.29, 0.717) is 18.1 Å². The van der Waals surface area contributed by atoms with Gasteiger partial charge in [-0.3, -0.25) is 4.79 Å². The Morgan fingerprint density at radius 3 is 2.74 bits per heavy atom. The van der Waals surface area contributed by atoms with Gasteiger partial charge in [0.1, 0.15) is 6.61 Å². The highest BCUT2D eigenvalue weighted by atomic mass is 79.9. The zero-order valence-electron chi connectivity index (χ0n) is 13.0. The zero-order chi connectivity index (χ0) is 16.8. The van der Waals surface area contributed by atoms with Crippen LogP contribution in [0.2, 0.25) is 0 Å². The molecule has 0 aliphatic rings. The summed E-state index contributed by atoms with van der Waals surface area (Å²) in [6.07, 6.45) is 2.93. The molecule has 2 rings (SSSR count). The molecule has 0 saturated carbocycles. The second kappa shape index (κ2) is 7.83. The van der Waals surface area contributed by atoms with E-state index in [9.17, 15) is 4.79 Å². The van der Waals surface area contributed by atoms with Gasteiger partial charge in [-0.1, -0.05) is 29.8 Å². The summed E-state index contributed by atoms with van der Waals surface area (Å²) >= 11 is 3.48. The molecule has 2 aromatic rings. The average Bonchev–Trinajstić information content (AvgIpc) is 2.51. The summed E-state index contributed by atoms with van der Waals surface area (Å²) in [5.41, 5.74) is 8.16. The van der Waals surface area contributed by atoms with E-state index in [-0.39, 0.29) is 0 Å². The molecule has 1 amide bonds. The van der Waals surface area contributed by atoms with E-state index in [1.54, 1.807) is 19.3 Å². The lowest BCUT2D eigenvalue weighted by molar-refractivity contribution is -0.113. The number of benzene rings is 2. The predicted octanol–water partition coefficient (Wildman–Crippen LogP) is 3.84. The van der Waals surface area contributed by atoms with Crippen LogP contribution in [0.1, 0.15) is 16.7 Å². The number of hydrogen-bond donors (Lipinski definition) is 1. The van der Waals surface area contributed by atoms with E-state index in [1.807, 2.05) is 31.2 Å². The highest BCUT2D eigenvalue weighted by Gasteiger charge is 2.11. The molecular weight excluding hydrogens is 358 g/mol. The van der Waals surface area contributed by atoms with E-state index in [0.717, 1.165) is 15.6 Å². The maximum Gasteiger partial charge on any atom is 0.241 e. The van der Waals surface area contributed by atoms with E-state index in [1.165, 1.54) is 11.6 Å². The molecule has 0 fully saturated rings. The number of hydrogen-bond acceptors (Lipinski definition) is 3. The fraction of sp³-hybridized carbons (Fsp3) is 0.167. The SMILES string of the molecule is COc1cc(/C=C/C(N)=O)cc(Br)c1OCc1cccc(C)c1. The monoisotopic (exact) mass is 375 g/mol. The fourth-order valence-corrected chi connectivity index (χ4v) is 2.69. The zero-order valence-corrected chi connectivity index (χ0v) is 14.6. The molecule has 2 aromatic carbocycles. The molecule has 0 aromatic heterocycles. The highest BCUT2D eigenvalue weighted by molar-refractivity contribution is 9.10. The lowest BCUT2D eigenvalue weighted by Crippen LogP contribution is -2.05. The second-order valence-corrected chi connectivity index (χ2v) is 5.90. The summed E-state index contributed by atoms with van der Waals surface area (Å²) < 4.78 is 12.0. The van der Waals surface area contributed by atoms with Crippen molar-refractivity contribution in [1.82, 2.24) is 0 Å². The lowest BCUT2D eigenvalue weighted by Gasteiger charge is -2.14. The Hall–Kier alpha value is -2.27. The van der Waals surface area contributed by atoms with Crippen LogP contribution in [-0.2, 0) is 11.4 Å². The van der Waals surface area contributed by atoms with Crippen molar-refractivity contribution in [2.24, 2.45) is 5.73 Å². The molecule has 0 atom stereocenters. The molecule has 0 saturated heterocycles. The molecule has 23 heavy (non-hydrogen) atoms. The summed E-state index contributed by atoms with van der Waals surface area (Å²) in [5.74, 6) is 0.696. The summed E-state index contributed by atoms with van der Waals surface area (Å²) in [5, 5.41) is 0. The Morgan fingerprint density at radius 1 is 1.30 bits per heavy atom. The van der Waals surface area contributed by atoms with E-state index >= 15 is 0 Å². The lowest BCUT2D eigenvalue weighted by atomic mass is 10.1. The molecule has 0 unspecified atom stereocenters. The summed E-state index contributed by atoms with van der Waals surface area (Å²) in [7, 11) is 1.57. The normalized spacial score (nSPS) is 10.7. The van der Waals surface area contributed by atoms with E-state index in [4.69, 9.17) is 15.2 Å². The van der Waals surface area contributed by atoms with Gasteiger partial charge in [0.15, 0.2) is 11.5 Å². The van der Waals surface area contributed by atoms with Crippen LogP contribution < -0.4 is 15.2 Å². The van der Waals surface area contributed by atoms with Gasteiger partial charge in [-0.15, -0.1) is 0 Å². The molecule has 0 spiro atoms. The number of primary amides is 1. The van der Waals surface area contributed by atoms with Crippen molar-refractivity contribution in [1.29, 1.82) is 0 Å². The Morgan fingerprint density at radius 2 is 2.09 bits per heavy atom. The number of aryl methyl sites for hydroxylation is 1. The number of nitrogens with two attached hydrogens (primary N) is 1. The first kappa shape index (κ1) is 17.1. The third kappa shape index (κ3) is 4.86. The molecule has 0 radical (unpaired) electrons. The molecule has 120 valence electrons. The molecule has 2 N–H and O–H groups in total. The Labute approximate surface area is 144 Å². The van der Waals surface area contributed by atoms with Crippen molar-refractivity contribution in [2.75, 3.05) is 7.11 Å². The Kier molecular flexibility index (Phi) is 5.82. The maximum atomic E-state index is 10.8. The van der Waals surface area contributed by atoms with Crippen LogP contribution in [0.25, 0.3) is 6.08 Å². The fourth-order valence-electron chi connectivity index (χ4n) is 2.11. The van der Waals surface area contributed by atoms with Crippen LogP contribution >= 0.6 is 15.9 Å². The number of ether oxygens (including phenoxy) is 2. The van der Waals surface area contributed by atoms with Crippen molar-refractivity contribution in [2.45, 2.75) is 13.5 Å². The molecule has 0 aliphatic carbocycles. The smallest absolute Gasteiger partial charge is 0.241 e. The number of carbonyl (C=O) groups is 1. The quantitative estimate of drug-likeness (QED) is 0.780. The number of rotatable bonds is 6. The molecule has 4 nitrogen and oxygen atoms in total. The van der Waals surface area contributed by atoms with Crippen molar-refractivity contribution in [3.63, 3.8) is 0 Å². The van der Waals surface area contributed by atoms with Gasteiger partial charge in [0.2, 0.25) is 5.91 Å². The Balaban J connectivity index is 2.22. The standard InChI is InChI=1S/C18H18BrNO3/c1-12-4-3-5-14(8-12)11-23-18-15(19)9-13(6-7-17(20)21)10-16(18)22-2/h3-10H,11H2,1-2H3,(H2,20,21)/b7-6+. The molecule has 0 aliphatic heterocycles. The first-order valence-electron chi connectivity index (χ1n) is 7.03. The molecular formula is C18H18BrNO3. The summed E-state index contributed by atoms with van der Waals surface area (Å²) in [6, 6.07) is 11.8. The van der Waals surface area contributed by atoms with Crippen LogP contribution in [0.5, 0.6) is 11.5 Å². The highest BCUT2D eigenvalue weighted by Crippen LogP contribution is 2.37. The van der Waals surface area contributed by atoms with Crippen molar-refractivity contribution in [3.05, 3.63) is 63.6 Å². The van der Waals surface area contributed by atoms with Gasteiger partial charge in [-0.05, 0) is 52.2 Å². The number of carbonyl (C=O) groups excluding carboxylic acids is 1. The summed E-state index contributed by atoms with van der Waals surface area (Å²) in [4.78, 5) is 10.8. The number of halogens is 1. The van der Waals surface area contributed by atoms with Crippen molar-refractivity contribution < 1.29 is 14.3 Å². The molecule has 5 heteroatoms. The van der Waals surface area contributed by atoms with Gasteiger partial charge in [0.05, 0.1) is 11.6 Å². The minimum Gasteiger partial charge on any atom is -0.493 e. The largest absolute Gasteiger partial charge is 0.493 e. The van der Waals surface area contributed by atoms with Crippen LogP contribution in [-0.4, -0.2) is 13.0 Å². The van der Waals surface area contributed by atoms with Crippen molar-refractivity contribution >= 4 is 27.9 Å². The average molecular weight is 376 g/mol. The van der Waals surface area contributed by atoms with Crippen LogP contribution in [0.3, 0.4) is 0 Å². The van der Waals surface area contributed by atoms with Crippen LogP contribution in [0.15, 0.2) is 46.9 Å². The van der Waals surface area contributed by atoms with Gasteiger partial charge in [0, 0.05) is 6.08 Å². The minimum absolute atomic E-state index is 0.438. The topological polar surface area (TPSA) is 61.5 Å². The first-order valence-corrected chi connectivity index (χ1v) is 7.82. The van der Waals surface area contributed by atoms with Crippen LogP contribution in [0, 0.1) is 6.92 Å². The minimum atomic E-state index is -0.500.